The molecule has 0 N–H and O–H groups in total. The van der Waals surface area contributed by atoms with E-state index in [1.807, 2.05) is 0 Å². The van der Waals surface area contributed by atoms with Gasteiger partial charge in [0.2, 0.25) is 0 Å². The molecule has 0 heterocycles. The van der Waals surface area contributed by atoms with Gasteiger partial charge in [-0.05, 0) is 25.1 Å². The fourth-order valence-corrected chi connectivity index (χ4v) is 2.09. The fraction of sp³-hybridized carbons (Fsp3) is 0.467. The Morgan fingerprint density at radius 1 is 1.18 bits per heavy atom. The number of hydrogen-bond acceptors (Lipinski definition) is 4. The standard InChI is InChI=1S/C15H19Cl2NO4/c1-3-22-14(19)6-7-18(8-9-21-2)15(20)11-4-5-12(16)13(17)10-11/h4-5,10H,3,6-9H2,1-2H3. The van der Waals surface area contributed by atoms with Crippen LogP contribution in [0, 0.1) is 0 Å². The van der Waals surface area contributed by atoms with E-state index in [2.05, 4.69) is 0 Å². The Kier molecular flexibility index (Phi) is 8.24. The second-order valence-electron chi connectivity index (χ2n) is 4.47. The average molecular weight is 348 g/mol. The molecule has 1 aromatic rings. The lowest BCUT2D eigenvalue weighted by atomic mass is 10.2. The number of carbonyl (C=O) groups excluding carboxylic acids is 2. The number of methoxy groups -OCH3 is 1. The number of hydrogen-bond donors (Lipinski definition) is 0. The summed E-state index contributed by atoms with van der Waals surface area (Å²) in [4.78, 5) is 25.5. The summed E-state index contributed by atoms with van der Waals surface area (Å²) in [5.41, 5.74) is 0.411. The molecule has 0 unspecified atom stereocenters. The van der Waals surface area contributed by atoms with Gasteiger partial charge in [-0.15, -0.1) is 0 Å². The number of halogens is 2. The van der Waals surface area contributed by atoms with Crippen LogP contribution >= 0.6 is 23.2 Å². The van der Waals surface area contributed by atoms with Gasteiger partial charge in [-0.3, -0.25) is 9.59 Å². The van der Waals surface area contributed by atoms with Crippen LogP contribution in [0.5, 0.6) is 0 Å². The molecule has 5 nitrogen and oxygen atoms in total. The molecule has 1 aromatic carbocycles. The summed E-state index contributed by atoms with van der Waals surface area (Å²) < 4.78 is 9.87. The predicted molar refractivity (Wildman–Crippen MR) is 85.5 cm³/mol. The molecule has 7 heteroatoms. The lowest BCUT2D eigenvalue weighted by Crippen LogP contribution is -2.35. The van der Waals surface area contributed by atoms with Crippen molar-refractivity contribution in [1.82, 2.24) is 4.90 Å². The summed E-state index contributed by atoms with van der Waals surface area (Å²) >= 11 is 11.8. The van der Waals surface area contributed by atoms with Gasteiger partial charge in [-0.1, -0.05) is 23.2 Å². The molecule has 0 aliphatic carbocycles. The molecule has 1 rings (SSSR count). The van der Waals surface area contributed by atoms with Crippen LogP contribution in [-0.2, 0) is 14.3 Å². The van der Waals surface area contributed by atoms with Crippen molar-refractivity contribution in [2.45, 2.75) is 13.3 Å². The third-order valence-corrected chi connectivity index (χ3v) is 3.65. The van der Waals surface area contributed by atoms with E-state index in [0.717, 1.165) is 0 Å². The van der Waals surface area contributed by atoms with Gasteiger partial charge < -0.3 is 14.4 Å². The van der Waals surface area contributed by atoms with Gasteiger partial charge in [0.15, 0.2) is 0 Å². The van der Waals surface area contributed by atoms with Crippen LogP contribution in [0.4, 0.5) is 0 Å². The Balaban J connectivity index is 2.78. The molecule has 0 aromatic heterocycles. The number of carbonyl (C=O) groups is 2. The molecule has 0 aliphatic heterocycles. The molecular formula is C15H19Cl2NO4. The molecule has 0 radical (unpaired) electrons. The maximum absolute atomic E-state index is 12.5. The van der Waals surface area contributed by atoms with Gasteiger partial charge in [0.05, 0.1) is 29.7 Å². The number of amides is 1. The van der Waals surface area contributed by atoms with Crippen molar-refractivity contribution >= 4 is 35.1 Å². The zero-order chi connectivity index (χ0) is 16.5. The summed E-state index contributed by atoms with van der Waals surface area (Å²) in [5.74, 6) is -0.577. The van der Waals surface area contributed by atoms with Crippen LogP contribution < -0.4 is 0 Å². The second-order valence-corrected chi connectivity index (χ2v) is 5.28. The molecule has 0 fully saturated rings. The van der Waals surface area contributed by atoms with Gasteiger partial charge in [0, 0.05) is 25.8 Å². The number of ether oxygens (including phenoxy) is 2. The van der Waals surface area contributed by atoms with Crippen LogP contribution in [0.1, 0.15) is 23.7 Å². The van der Waals surface area contributed by atoms with Crippen molar-refractivity contribution in [3.05, 3.63) is 33.8 Å². The monoisotopic (exact) mass is 347 g/mol. The Labute approximate surface area is 140 Å². The third-order valence-electron chi connectivity index (χ3n) is 2.91. The topological polar surface area (TPSA) is 55.8 Å². The molecule has 0 spiro atoms. The molecular weight excluding hydrogens is 329 g/mol. The van der Waals surface area contributed by atoms with E-state index in [9.17, 15) is 9.59 Å². The Bertz CT molecular complexity index is 522. The largest absolute Gasteiger partial charge is 0.466 e. The van der Waals surface area contributed by atoms with Crippen molar-refractivity contribution in [1.29, 1.82) is 0 Å². The van der Waals surface area contributed by atoms with Gasteiger partial charge >= 0.3 is 5.97 Å². The summed E-state index contributed by atoms with van der Waals surface area (Å²) in [6.07, 6.45) is 0.130. The Morgan fingerprint density at radius 2 is 1.91 bits per heavy atom. The number of nitrogens with zero attached hydrogens (tertiary/aromatic N) is 1. The normalized spacial score (nSPS) is 10.4. The maximum atomic E-state index is 12.5. The molecule has 0 bridgehead atoms. The van der Waals surface area contributed by atoms with Crippen molar-refractivity contribution in [3.63, 3.8) is 0 Å². The van der Waals surface area contributed by atoms with E-state index in [0.29, 0.717) is 35.4 Å². The smallest absolute Gasteiger partial charge is 0.307 e. The minimum absolute atomic E-state index is 0.130. The van der Waals surface area contributed by atoms with Gasteiger partial charge in [0.1, 0.15) is 0 Å². The van der Waals surface area contributed by atoms with Crippen LogP contribution in [0.15, 0.2) is 18.2 Å². The van der Waals surface area contributed by atoms with Crippen LogP contribution in [0.2, 0.25) is 10.0 Å². The summed E-state index contributed by atoms with van der Waals surface area (Å²) in [5, 5.41) is 0.692. The predicted octanol–water partition coefficient (Wildman–Crippen LogP) is 3.04. The first-order valence-corrected chi connectivity index (χ1v) is 7.64. The highest BCUT2D eigenvalue weighted by atomic mass is 35.5. The minimum Gasteiger partial charge on any atom is -0.466 e. The van der Waals surface area contributed by atoms with E-state index in [1.165, 1.54) is 11.0 Å². The Morgan fingerprint density at radius 3 is 2.50 bits per heavy atom. The van der Waals surface area contributed by atoms with Gasteiger partial charge in [-0.2, -0.15) is 0 Å². The van der Waals surface area contributed by atoms with Crippen LogP contribution in [0.3, 0.4) is 0 Å². The lowest BCUT2D eigenvalue weighted by Gasteiger charge is -2.22. The zero-order valence-corrected chi connectivity index (χ0v) is 14.1. The summed E-state index contributed by atoms with van der Waals surface area (Å²) in [6, 6.07) is 4.67. The number of esters is 1. The highest BCUT2D eigenvalue weighted by Gasteiger charge is 2.18. The first kappa shape index (κ1) is 18.7. The minimum atomic E-state index is -0.341. The fourth-order valence-electron chi connectivity index (χ4n) is 1.79. The molecule has 122 valence electrons. The van der Waals surface area contributed by atoms with Crippen molar-refractivity contribution in [3.8, 4) is 0 Å². The molecule has 0 saturated carbocycles. The molecule has 0 saturated heterocycles. The number of rotatable bonds is 8. The van der Waals surface area contributed by atoms with Crippen molar-refractivity contribution in [2.75, 3.05) is 33.4 Å². The van der Waals surface area contributed by atoms with Crippen molar-refractivity contribution in [2.24, 2.45) is 0 Å². The van der Waals surface area contributed by atoms with E-state index in [1.54, 1.807) is 26.2 Å². The third kappa shape index (κ3) is 5.83. The van der Waals surface area contributed by atoms with E-state index in [-0.39, 0.29) is 24.8 Å². The molecule has 0 atom stereocenters. The summed E-state index contributed by atoms with van der Waals surface area (Å²) in [6.45, 7) is 3.05. The molecule has 22 heavy (non-hydrogen) atoms. The Hall–Kier alpha value is -1.30. The van der Waals surface area contributed by atoms with E-state index in [4.69, 9.17) is 32.7 Å². The highest BCUT2D eigenvalue weighted by Crippen LogP contribution is 2.23. The first-order valence-electron chi connectivity index (χ1n) is 6.88. The van der Waals surface area contributed by atoms with Crippen molar-refractivity contribution < 1.29 is 19.1 Å². The van der Waals surface area contributed by atoms with Crippen LogP contribution in [0.25, 0.3) is 0 Å². The molecule has 0 aliphatic rings. The van der Waals surface area contributed by atoms with E-state index < -0.39 is 0 Å². The summed E-state index contributed by atoms with van der Waals surface area (Å²) in [7, 11) is 1.55. The maximum Gasteiger partial charge on any atom is 0.307 e. The highest BCUT2D eigenvalue weighted by molar-refractivity contribution is 6.42. The lowest BCUT2D eigenvalue weighted by molar-refractivity contribution is -0.143. The average Bonchev–Trinajstić information content (AvgIpc) is 2.50. The van der Waals surface area contributed by atoms with E-state index >= 15 is 0 Å². The van der Waals surface area contributed by atoms with Gasteiger partial charge in [-0.25, -0.2) is 0 Å². The molecule has 1 amide bonds. The zero-order valence-electron chi connectivity index (χ0n) is 12.6. The van der Waals surface area contributed by atoms with Gasteiger partial charge in [0.25, 0.3) is 5.91 Å². The SMILES string of the molecule is CCOC(=O)CCN(CCOC)C(=O)c1ccc(Cl)c(Cl)c1. The number of benzene rings is 1. The second kappa shape index (κ2) is 9.66. The quantitative estimate of drug-likeness (QED) is 0.678. The first-order chi connectivity index (χ1) is 10.5. The van der Waals surface area contributed by atoms with Crippen LogP contribution in [-0.4, -0.2) is 50.2 Å².